The molecule has 0 spiro atoms. The van der Waals surface area contributed by atoms with E-state index in [2.05, 4.69) is 37.6 Å². The summed E-state index contributed by atoms with van der Waals surface area (Å²) in [5, 5.41) is 6.69. The molecule has 0 unspecified atom stereocenters. The molecule has 3 rings (SSSR count). The van der Waals surface area contributed by atoms with Gasteiger partial charge in [0.1, 0.15) is 5.82 Å². The number of hydrogen-bond donors (Lipinski definition) is 2. The van der Waals surface area contributed by atoms with Crippen molar-refractivity contribution in [2.45, 2.75) is 38.6 Å². The number of aromatic nitrogens is 1. The van der Waals surface area contributed by atoms with E-state index < -0.39 is 0 Å². The minimum Gasteiger partial charge on any atom is -0.381 e. The Morgan fingerprint density at radius 3 is 2.79 bits per heavy atom. The van der Waals surface area contributed by atoms with E-state index in [-0.39, 0.29) is 0 Å². The largest absolute Gasteiger partial charge is 0.381 e. The molecule has 2 N–H and O–H groups in total. The van der Waals surface area contributed by atoms with Crippen molar-refractivity contribution < 1.29 is 9.47 Å². The Bertz CT molecular complexity index is 581. The Kier molecular flexibility index (Phi) is 8.84. The van der Waals surface area contributed by atoms with Crippen LogP contribution in [0.2, 0.25) is 0 Å². The molecule has 2 fully saturated rings. The number of ether oxygens (including phenoxy) is 2. The van der Waals surface area contributed by atoms with E-state index >= 15 is 0 Å². The number of aliphatic imine (C=N–C) groups is 1. The van der Waals surface area contributed by atoms with Crippen LogP contribution in [0.4, 0.5) is 5.82 Å². The Morgan fingerprint density at radius 1 is 1.25 bits per heavy atom. The second-order valence-corrected chi connectivity index (χ2v) is 7.56. The lowest BCUT2D eigenvalue weighted by Crippen LogP contribution is -2.37. The first-order valence-electron chi connectivity index (χ1n) is 10.6. The molecule has 2 saturated heterocycles. The van der Waals surface area contributed by atoms with E-state index in [0.29, 0.717) is 12.5 Å². The second kappa shape index (κ2) is 11.9. The molecule has 0 amide bonds. The molecule has 2 aliphatic heterocycles. The summed E-state index contributed by atoms with van der Waals surface area (Å²) in [4.78, 5) is 11.2. The molecule has 7 nitrogen and oxygen atoms in total. The van der Waals surface area contributed by atoms with Crippen molar-refractivity contribution in [3.05, 3.63) is 23.9 Å². The third kappa shape index (κ3) is 6.95. The van der Waals surface area contributed by atoms with E-state index in [0.717, 1.165) is 82.7 Å². The maximum absolute atomic E-state index is 5.80. The maximum atomic E-state index is 5.80. The number of pyridine rings is 1. The minimum absolute atomic E-state index is 0.668. The lowest BCUT2D eigenvalue weighted by atomic mass is 10.0. The molecular weight excluding hydrogens is 354 g/mol. The summed E-state index contributed by atoms with van der Waals surface area (Å²) in [5.74, 6) is 2.57. The summed E-state index contributed by atoms with van der Waals surface area (Å²) in [6.07, 6.45) is 7.72. The molecule has 7 heteroatoms. The average molecular weight is 390 g/mol. The Balaban J connectivity index is 1.27. The van der Waals surface area contributed by atoms with Gasteiger partial charge in [0.2, 0.25) is 0 Å². The van der Waals surface area contributed by atoms with Crippen LogP contribution in [0.25, 0.3) is 0 Å². The zero-order chi connectivity index (χ0) is 19.4. The summed E-state index contributed by atoms with van der Waals surface area (Å²) >= 11 is 0. The quantitative estimate of drug-likeness (QED) is 0.383. The lowest BCUT2D eigenvalue weighted by Gasteiger charge is -2.21. The zero-order valence-electron chi connectivity index (χ0n) is 17.2. The molecule has 0 bridgehead atoms. The molecule has 2 aliphatic rings. The first-order valence-corrected chi connectivity index (χ1v) is 10.6. The van der Waals surface area contributed by atoms with Crippen molar-refractivity contribution in [1.82, 2.24) is 15.6 Å². The number of rotatable bonds is 9. The van der Waals surface area contributed by atoms with E-state index in [4.69, 9.17) is 9.47 Å². The third-order valence-corrected chi connectivity index (χ3v) is 5.38. The van der Waals surface area contributed by atoms with Gasteiger partial charge in [0.15, 0.2) is 5.96 Å². The predicted octanol–water partition coefficient (Wildman–Crippen LogP) is 2.18. The summed E-state index contributed by atoms with van der Waals surface area (Å²) < 4.78 is 11.2. The van der Waals surface area contributed by atoms with Gasteiger partial charge in [-0.15, -0.1) is 0 Å². The van der Waals surface area contributed by atoms with Gasteiger partial charge in [0, 0.05) is 65.9 Å². The van der Waals surface area contributed by atoms with E-state index in [9.17, 15) is 0 Å². The summed E-state index contributed by atoms with van der Waals surface area (Å²) in [5.41, 5.74) is 1.16. The molecule has 28 heavy (non-hydrogen) atoms. The lowest BCUT2D eigenvalue weighted by molar-refractivity contribution is 0.0203. The number of nitrogens with zero attached hydrogens (tertiary/aromatic N) is 3. The van der Waals surface area contributed by atoms with E-state index in [1.807, 2.05) is 6.20 Å². The maximum Gasteiger partial charge on any atom is 0.191 e. The van der Waals surface area contributed by atoms with Crippen LogP contribution in [0.3, 0.4) is 0 Å². The Morgan fingerprint density at radius 2 is 2.07 bits per heavy atom. The van der Waals surface area contributed by atoms with Crippen LogP contribution in [-0.4, -0.2) is 64.1 Å². The fraction of sp³-hybridized carbons (Fsp3) is 0.714. The van der Waals surface area contributed by atoms with Crippen molar-refractivity contribution in [1.29, 1.82) is 0 Å². The van der Waals surface area contributed by atoms with Crippen LogP contribution < -0.4 is 15.5 Å². The van der Waals surface area contributed by atoms with Crippen molar-refractivity contribution in [2.75, 3.05) is 58.0 Å². The van der Waals surface area contributed by atoms with Crippen LogP contribution in [0.1, 0.15) is 37.7 Å². The SMILES string of the molecule is CN=C(NCCCOCC1CCOCC1)NCc1ccc(N2CCCC2)nc1. The van der Waals surface area contributed by atoms with Crippen molar-refractivity contribution >= 4 is 11.8 Å². The number of guanidine groups is 1. The van der Waals surface area contributed by atoms with Gasteiger partial charge < -0.3 is 25.0 Å². The first kappa shape index (κ1) is 20.9. The van der Waals surface area contributed by atoms with Gasteiger partial charge in [-0.3, -0.25) is 4.99 Å². The molecule has 156 valence electrons. The smallest absolute Gasteiger partial charge is 0.191 e. The summed E-state index contributed by atoms with van der Waals surface area (Å²) in [6, 6.07) is 4.26. The Hall–Kier alpha value is -1.86. The van der Waals surface area contributed by atoms with Crippen LogP contribution >= 0.6 is 0 Å². The van der Waals surface area contributed by atoms with Crippen LogP contribution in [-0.2, 0) is 16.0 Å². The summed E-state index contributed by atoms with van der Waals surface area (Å²) in [7, 11) is 1.80. The Labute approximate surface area is 168 Å². The first-order chi connectivity index (χ1) is 13.8. The highest BCUT2D eigenvalue weighted by Crippen LogP contribution is 2.17. The predicted molar refractivity (Wildman–Crippen MR) is 113 cm³/mol. The highest BCUT2D eigenvalue weighted by atomic mass is 16.5. The normalized spacial score (nSPS) is 18.5. The van der Waals surface area contributed by atoms with Gasteiger partial charge in [0.05, 0.1) is 0 Å². The van der Waals surface area contributed by atoms with Crippen LogP contribution in [0.5, 0.6) is 0 Å². The van der Waals surface area contributed by atoms with Crippen LogP contribution in [0, 0.1) is 5.92 Å². The molecule has 3 heterocycles. The van der Waals surface area contributed by atoms with E-state index in [1.54, 1.807) is 7.05 Å². The molecule has 0 atom stereocenters. The fourth-order valence-corrected chi connectivity index (χ4v) is 3.61. The molecular formula is C21H35N5O2. The van der Waals surface area contributed by atoms with E-state index in [1.165, 1.54) is 12.8 Å². The number of hydrogen-bond acceptors (Lipinski definition) is 5. The molecule has 1 aromatic rings. The van der Waals surface area contributed by atoms with Crippen molar-refractivity contribution in [2.24, 2.45) is 10.9 Å². The number of anilines is 1. The van der Waals surface area contributed by atoms with Crippen LogP contribution in [0.15, 0.2) is 23.3 Å². The van der Waals surface area contributed by atoms with Gasteiger partial charge in [-0.2, -0.15) is 0 Å². The van der Waals surface area contributed by atoms with Gasteiger partial charge >= 0.3 is 0 Å². The van der Waals surface area contributed by atoms with Gasteiger partial charge in [0.25, 0.3) is 0 Å². The van der Waals surface area contributed by atoms with Gasteiger partial charge in [-0.25, -0.2) is 4.98 Å². The van der Waals surface area contributed by atoms with Crippen molar-refractivity contribution in [3.63, 3.8) is 0 Å². The molecule has 0 saturated carbocycles. The second-order valence-electron chi connectivity index (χ2n) is 7.56. The zero-order valence-corrected chi connectivity index (χ0v) is 17.2. The third-order valence-electron chi connectivity index (χ3n) is 5.38. The molecule has 1 aromatic heterocycles. The monoisotopic (exact) mass is 389 g/mol. The molecule has 0 aliphatic carbocycles. The summed E-state index contributed by atoms with van der Waals surface area (Å²) in [6.45, 7) is 7.22. The highest BCUT2D eigenvalue weighted by Gasteiger charge is 2.14. The van der Waals surface area contributed by atoms with Gasteiger partial charge in [-0.1, -0.05) is 6.07 Å². The molecule has 0 radical (unpaired) electrons. The average Bonchev–Trinajstić information content (AvgIpc) is 3.29. The standard InChI is InChI=1S/C21H35N5O2/c1-22-21(23-9-4-12-28-17-18-7-13-27-14-8-18)25-16-19-5-6-20(24-15-19)26-10-2-3-11-26/h5-6,15,18H,2-4,7-14,16-17H2,1H3,(H2,22,23,25). The topological polar surface area (TPSA) is 71.0 Å². The highest BCUT2D eigenvalue weighted by molar-refractivity contribution is 5.79. The number of nitrogens with one attached hydrogen (secondary N) is 2. The molecule has 0 aromatic carbocycles. The van der Waals surface area contributed by atoms with Crippen molar-refractivity contribution in [3.8, 4) is 0 Å². The minimum atomic E-state index is 0.668. The fourth-order valence-electron chi connectivity index (χ4n) is 3.61. The van der Waals surface area contributed by atoms with Gasteiger partial charge in [-0.05, 0) is 49.7 Å².